The number of aliphatic hydroxyl groups is 1. The molecule has 0 amide bonds. The second kappa shape index (κ2) is 11.6. The fraction of sp³-hybridized carbons (Fsp3) is 0.357. The maximum absolute atomic E-state index is 13.8. The Morgan fingerprint density at radius 2 is 2.11 bits per heavy atom. The number of carbonyl (C=O) groups is 1. The summed E-state index contributed by atoms with van der Waals surface area (Å²) in [6.45, 7) is 1.50. The summed E-state index contributed by atoms with van der Waals surface area (Å²) < 4.78 is 32.4. The molecular weight excluding hydrogens is 466 g/mol. The Morgan fingerprint density at radius 3 is 2.89 bits per heavy atom. The van der Waals surface area contributed by atoms with Gasteiger partial charge >= 0.3 is 5.97 Å². The number of ether oxygens (including phenoxy) is 1. The van der Waals surface area contributed by atoms with E-state index in [-0.39, 0.29) is 11.5 Å². The molecule has 3 aromatic rings. The highest BCUT2D eigenvalue weighted by atomic mass is 19.1. The number of halogens is 2. The van der Waals surface area contributed by atoms with Gasteiger partial charge in [0, 0.05) is 24.0 Å². The van der Waals surface area contributed by atoms with Crippen molar-refractivity contribution in [1.29, 1.82) is 0 Å². The molecule has 1 aliphatic rings. The first-order valence-electron chi connectivity index (χ1n) is 12.0. The third kappa shape index (κ3) is 6.06. The molecule has 0 aliphatic carbocycles. The van der Waals surface area contributed by atoms with Crippen LogP contribution in [0.4, 0.5) is 8.78 Å². The van der Waals surface area contributed by atoms with Gasteiger partial charge in [0.15, 0.2) is 0 Å². The molecule has 2 heterocycles. The highest BCUT2D eigenvalue weighted by molar-refractivity contribution is 5.83. The quantitative estimate of drug-likeness (QED) is 0.430. The molecule has 190 valence electrons. The van der Waals surface area contributed by atoms with Crippen LogP contribution in [0.15, 0.2) is 54.7 Å². The molecule has 36 heavy (non-hydrogen) atoms. The van der Waals surface area contributed by atoms with Crippen LogP contribution in [0.25, 0.3) is 17.0 Å². The molecular formula is C28H30F2N2O4. The van der Waals surface area contributed by atoms with Gasteiger partial charge in [-0.15, -0.1) is 0 Å². The number of aromatic nitrogens is 1. The van der Waals surface area contributed by atoms with Gasteiger partial charge in [0.1, 0.15) is 17.4 Å². The molecule has 1 saturated heterocycles. The highest BCUT2D eigenvalue weighted by Crippen LogP contribution is 2.33. The van der Waals surface area contributed by atoms with E-state index in [1.807, 2.05) is 29.2 Å². The lowest BCUT2D eigenvalue weighted by molar-refractivity contribution is -0.146. The van der Waals surface area contributed by atoms with E-state index in [1.165, 1.54) is 6.08 Å². The summed E-state index contributed by atoms with van der Waals surface area (Å²) in [5.74, 6) is -1.91. The summed E-state index contributed by atoms with van der Waals surface area (Å²) in [6.07, 6.45) is 5.81. The number of hydrogen-bond acceptors (Lipinski definition) is 5. The van der Waals surface area contributed by atoms with Crippen molar-refractivity contribution in [2.75, 3.05) is 26.7 Å². The van der Waals surface area contributed by atoms with Crippen molar-refractivity contribution in [1.82, 2.24) is 9.88 Å². The van der Waals surface area contributed by atoms with Crippen LogP contribution in [-0.4, -0.2) is 52.8 Å². The summed E-state index contributed by atoms with van der Waals surface area (Å²) in [4.78, 5) is 18.4. The van der Waals surface area contributed by atoms with E-state index in [4.69, 9.17) is 4.74 Å². The number of fused-ring (bicyclic) bond motifs is 1. The molecule has 0 bridgehead atoms. The standard InChI is InChI=1S/C28H30F2N2O4/c1-36-21-15-23-22(5-2-6-26(23)31-16-21)27(33)10-7-18-11-13-32(17-24(18)28(34)35)12-3-4-19-14-20(29)8-9-25(19)30/h2-6,8-9,14-16,18,24,27,33H,7,10-13,17H2,1H3,(H,34,35)/b4-3+/t18-,24+,27?/m1/s1. The van der Waals surface area contributed by atoms with E-state index < -0.39 is 29.6 Å². The lowest BCUT2D eigenvalue weighted by Crippen LogP contribution is -2.44. The van der Waals surface area contributed by atoms with Gasteiger partial charge in [-0.1, -0.05) is 24.3 Å². The number of methoxy groups -OCH3 is 1. The number of carboxylic acids is 1. The van der Waals surface area contributed by atoms with Crippen molar-refractivity contribution < 1.29 is 28.5 Å². The van der Waals surface area contributed by atoms with Crippen LogP contribution in [0.5, 0.6) is 5.75 Å². The number of hydrogen-bond donors (Lipinski definition) is 2. The molecule has 0 radical (unpaired) electrons. The smallest absolute Gasteiger partial charge is 0.308 e. The Morgan fingerprint density at radius 1 is 1.28 bits per heavy atom. The van der Waals surface area contributed by atoms with Crippen LogP contribution >= 0.6 is 0 Å². The van der Waals surface area contributed by atoms with Crippen molar-refractivity contribution in [3.63, 3.8) is 0 Å². The fourth-order valence-electron chi connectivity index (χ4n) is 4.91. The van der Waals surface area contributed by atoms with Crippen molar-refractivity contribution in [3.8, 4) is 5.75 Å². The van der Waals surface area contributed by atoms with E-state index >= 15 is 0 Å². The number of aliphatic carboxylic acids is 1. The SMILES string of the molecule is COc1cnc2cccc(C(O)CC[C@@H]3CCN(C/C=C/c4cc(F)ccc4F)C[C@@H]3C(=O)O)c2c1. The summed E-state index contributed by atoms with van der Waals surface area (Å²) in [6, 6.07) is 10.7. The molecule has 8 heteroatoms. The molecule has 2 aromatic carbocycles. The molecule has 3 atom stereocenters. The van der Waals surface area contributed by atoms with Crippen molar-refractivity contribution in [2.45, 2.75) is 25.4 Å². The second-order valence-electron chi connectivity index (χ2n) is 9.20. The van der Waals surface area contributed by atoms with Crippen LogP contribution in [0.1, 0.15) is 36.5 Å². The van der Waals surface area contributed by atoms with Crippen LogP contribution in [0.2, 0.25) is 0 Å². The van der Waals surface area contributed by atoms with Crippen molar-refractivity contribution in [2.24, 2.45) is 11.8 Å². The first-order valence-corrected chi connectivity index (χ1v) is 12.0. The number of likely N-dealkylation sites (tertiary alicyclic amines) is 1. The molecule has 0 spiro atoms. The average molecular weight is 497 g/mol. The Bertz CT molecular complexity index is 1250. The zero-order valence-electron chi connectivity index (χ0n) is 20.1. The monoisotopic (exact) mass is 496 g/mol. The predicted octanol–water partition coefficient (Wildman–Crippen LogP) is 5.07. The number of aliphatic hydroxyl groups excluding tert-OH is 1. The predicted molar refractivity (Wildman–Crippen MR) is 134 cm³/mol. The molecule has 1 aromatic heterocycles. The lowest BCUT2D eigenvalue weighted by Gasteiger charge is -2.36. The van der Waals surface area contributed by atoms with Crippen molar-refractivity contribution in [3.05, 3.63) is 77.5 Å². The summed E-state index contributed by atoms with van der Waals surface area (Å²) >= 11 is 0. The van der Waals surface area contributed by atoms with Gasteiger partial charge in [0.25, 0.3) is 0 Å². The molecule has 1 fully saturated rings. The minimum atomic E-state index is -0.863. The number of pyridine rings is 1. The van der Waals surface area contributed by atoms with Gasteiger partial charge in [0.05, 0.1) is 30.8 Å². The van der Waals surface area contributed by atoms with Gasteiger partial charge in [-0.25, -0.2) is 8.78 Å². The number of piperidine rings is 1. The third-order valence-corrected chi connectivity index (χ3v) is 6.92. The minimum absolute atomic E-state index is 0.0688. The van der Waals surface area contributed by atoms with Gasteiger partial charge in [0.2, 0.25) is 0 Å². The Kier molecular flexibility index (Phi) is 8.28. The molecule has 6 nitrogen and oxygen atoms in total. The van der Waals surface area contributed by atoms with Gasteiger partial charge in [-0.3, -0.25) is 14.7 Å². The fourth-order valence-corrected chi connectivity index (χ4v) is 4.91. The van der Waals surface area contributed by atoms with E-state index in [2.05, 4.69) is 4.98 Å². The Hall–Kier alpha value is -3.36. The summed E-state index contributed by atoms with van der Waals surface area (Å²) in [7, 11) is 1.57. The summed E-state index contributed by atoms with van der Waals surface area (Å²) in [5, 5.41) is 21.6. The Labute approximate surface area is 208 Å². The maximum Gasteiger partial charge on any atom is 0.308 e. The molecule has 0 saturated carbocycles. The third-order valence-electron chi connectivity index (χ3n) is 6.92. The second-order valence-corrected chi connectivity index (χ2v) is 9.20. The average Bonchev–Trinajstić information content (AvgIpc) is 2.88. The van der Waals surface area contributed by atoms with E-state index in [0.29, 0.717) is 44.6 Å². The zero-order valence-corrected chi connectivity index (χ0v) is 20.1. The maximum atomic E-state index is 13.8. The highest BCUT2D eigenvalue weighted by Gasteiger charge is 2.34. The van der Waals surface area contributed by atoms with Crippen LogP contribution < -0.4 is 4.74 Å². The largest absolute Gasteiger partial charge is 0.495 e. The van der Waals surface area contributed by atoms with Crippen molar-refractivity contribution >= 4 is 22.9 Å². The summed E-state index contributed by atoms with van der Waals surface area (Å²) in [5.41, 5.74) is 1.67. The van der Waals surface area contributed by atoms with E-state index in [9.17, 15) is 23.8 Å². The van der Waals surface area contributed by atoms with E-state index in [0.717, 1.165) is 34.7 Å². The van der Waals surface area contributed by atoms with Gasteiger partial charge in [-0.2, -0.15) is 0 Å². The Balaban J connectivity index is 1.37. The molecule has 2 N–H and O–H groups in total. The van der Waals surface area contributed by atoms with Crippen LogP contribution in [-0.2, 0) is 4.79 Å². The molecule has 4 rings (SSSR count). The van der Waals surface area contributed by atoms with Gasteiger partial charge in [-0.05, 0) is 67.6 Å². The molecule has 1 unspecified atom stereocenters. The van der Waals surface area contributed by atoms with Gasteiger partial charge < -0.3 is 14.9 Å². The van der Waals surface area contributed by atoms with E-state index in [1.54, 1.807) is 19.4 Å². The minimum Gasteiger partial charge on any atom is -0.495 e. The first-order chi connectivity index (χ1) is 17.4. The number of benzene rings is 2. The number of rotatable bonds is 9. The normalized spacial score (nSPS) is 19.6. The first kappa shape index (κ1) is 25.7. The van der Waals surface area contributed by atoms with Crippen LogP contribution in [0, 0.1) is 23.5 Å². The zero-order chi connectivity index (χ0) is 25.7. The molecule has 1 aliphatic heterocycles. The number of carboxylic acid groups (broad SMARTS) is 1. The number of nitrogens with zero attached hydrogens (tertiary/aromatic N) is 2. The van der Waals surface area contributed by atoms with Crippen LogP contribution in [0.3, 0.4) is 0 Å². The lowest BCUT2D eigenvalue weighted by atomic mass is 9.81. The topological polar surface area (TPSA) is 82.9 Å².